The van der Waals surface area contributed by atoms with Crippen LogP contribution in [0.25, 0.3) is 0 Å². The third kappa shape index (κ3) is 3.67. The van der Waals surface area contributed by atoms with Gasteiger partial charge in [0.2, 0.25) is 0 Å². The number of hydrogen-bond donors (Lipinski definition) is 1. The minimum absolute atomic E-state index is 0.208. The molecule has 19 heavy (non-hydrogen) atoms. The van der Waals surface area contributed by atoms with Gasteiger partial charge in [0, 0.05) is 38.1 Å². The van der Waals surface area contributed by atoms with E-state index in [4.69, 9.17) is 19.9 Å². The van der Waals surface area contributed by atoms with Crippen LogP contribution in [0.4, 0.5) is 0 Å². The van der Waals surface area contributed by atoms with E-state index in [0.717, 1.165) is 45.6 Å². The summed E-state index contributed by atoms with van der Waals surface area (Å²) in [6.07, 6.45) is 2.78. The zero-order valence-electron chi connectivity index (χ0n) is 12.3. The minimum atomic E-state index is -0.362. The highest BCUT2D eigenvalue weighted by Crippen LogP contribution is 2.37. The number of nitrogens with zero attached hydrogens (tertiary/aromatic N) is 1. The maximum atomic E-state index is 6.32. The summed E-state index contributed by atoms with van der Waals surface area (Å²) < 4.78 is 17.2. The van der Waals surface area contributed by atoms with Crippen molar-refractivity contribution in [2.75, 3.05) is 39.5 Å². The first-order chi connectivity index (χ1) is 9.21. The van der Waals surface area contributed by atoms with Crippen LogP contribution in [0.15, 0.2) is 0 Å². The van der Waals surface area contributed by atoms with Crippen LogP contribution < -0.4 is 5.73 Å². The van der Waals surface area contributed by atoms with Gasteiger partial charge in [0.05, 0.1) is 19.8 Å². The summed E-state index contributed by atoms with van der Waals surface area (Å²) in [7, 11) is 0. The van der Waals surface area contributed by atoms with Crippen molar-refractivity contribution in [3.8, 4) is 0 Å². The monoisotopic (exact) mass is 272 g/mol. The second kappa shape index (κ2) is 6.99. The Hall–Kier alpha value is -0.200. The maximum Gasteiger partial charge on any atom is 0.170 e. The van der Waals surface area contributed by atoms with E-state index in [2.05, 4.69) is 11.8 Å². The van der Waals surface area contributed by atoms with Gasteiger partial charge >= 0.3 is 0 Å². The van der Waals surface area contributed by atoms with Crippen LogP contribution >= 0.6 is 0 Å². The third-order valence-electron chi connectivity index (χ3n) is 4.29. The molecule has 112 valence electrons. The molecule has 2 unspecified atom stereocenters. The molecule has 2 rings (SSSR count). The highest BCUT2D eigenvalue weighted by atomic mass is 16.7. The fraction of sp³-hybridized carbons (Fsp3) is 1.00. The number of nitrogens with two attached hydrogens (primary N) is 1. The Labute approximate surface area is 116 Å². The molecule has 1 saturated carbocycles. The van der Waals surface area contributed by atoms with Gasteiger partial charge < -0.3 is 19.9 Å². The molecule has 2 aliphatic rings. The van der Waals surface area contributed by atoms with Gasteiger partial charge in [-0.05, 0) is 19.9 Å². The lowest BCUT2D eigenvalue weighted by atomic mass is 9.85. The Bertz CT molecular complexity index is 269. The summed E-state index contributed by atoms with van der Waals surface area (Å²) in [6.45, 7) is 9.08. The largest absolute Gasteiger partial charge is 0.380 e. The lowest BCUT2D eigenvalue weighted by Gasteiger charge is -2.44. The molecule has 2 fully saturated rings. The molecule has 0 aromatic heterocycles. The van der Waals surface area contributed by atoms with E-state index in [1.54, 1.807) is 0 Å². The zero-order valence-corrected chi connectivity index (χ0v) is 12.3. The Kier molecular flexibility index (Phi) is 5.59. The van der Waals surface area contributed by atoms with Crippen molar-refractivity contribution in [3.05, 3.63) is 0 Å². The Morgan fingerprint density at radius 2 is 2.05 bits per heavy atom. The van der Waals surface area contributed by atoms with Crippen LogP contribution in [-0.2, 0) is 14.2 Å². The molecule has 0 aromatic rings. The van der Waals surface area contributed by atoms with Gasteiger partial charge in [-0.2, -0.15) is 0 Å². The van der Waals surface area contributed by atoms with E-state index < -0.39 is 0 Å². The van der Waals surface area contributed by atoms with Gasteiger partial charge in [0.25, 0.3) is 0 Å². The fourth-order valence-electron chi connectivity index (χ4n) is 3.19. The van der Waals surface area contributed by atoms with Gasteiger partial charge in [-0.1, -0.05) is 6.92 Å². The quantitative estimate of drug-likeness (QED) is 0.730. The van der Waals surface area contributed by atoms with Crippen LogP contribution in [0.5, 0.6) is 0 Å². The highest BCUT2D eigenvalue weighted by molar-refractivity contribution is 4.94. The molecule has 2 N–H and O–H groups in total. The normalized spacial score (nSPS) is 30.3. The van der Waals surface area contributed by atoms with E-state index in [1.807, 2.05) is 6.92 Å². The van der Waals surface area contributed by atoms with Crippen LogP contribution in [0, 0.1) is 0 Å². The molecule has 1 aliphatic carbocycles. The summed E-state index contributed by atoms with van der Waals surface area (Å²) in [5.74, 6) is -0.362. The average molecular weight is 272 g/mol. The van der Waals surface area contributed by atoms with Crippen LogP contribution in [0.1, 0.15) is 33.1 Å². The van der Waals surface area contributed by atoms with E-state index in [9.17, 15) is 0 Å². The smallest absolute Gasteiger partial charge is 0.170 e. The van der Waals surface area contributed by atoms with Crippen molar-refractivity contribution < 1.29 is 14.2 Å². The van der Waals surface area contributed by atoms with E-state index in [1.165, 1.54) is 0 Å². The van der Waals surface area contributed by atoms with Gasteiger partial charge in [0.1, 0.15) is 0 Å². The maximum absolute atomic E-state index is 6.32. The Morgan fingerprint density at radius 3 is 2.68 bits per heavy atom. The first-order valence-electron chi connectivity index (χ1n) is 7.56. The lowest BCUT2D eigenvalue weighted by Crippen LogP contribution is -2.56. The standard InChI is InChI=1S/C14H28N2O3/c1-3-16(7-8-17-4-2)13-11-14(6-5-12(13)15)18-9-10-19-14/h12-13H,3-11,15H2,1-2H3. The molecule has 2 atom stereocenters. The topological polar surface area (TPSA) is 57.0 Å². The number of ether oxygens (including phenoxy) is 3. The van der Waals surface area contributed by atoms with Crippen LogP contribution in [0.2, 0.25) is 0 Å². The molecule has 5 heteroatoms. The predicted molar refractivity (Wildman–Crippen MR) is 74.0 cm³/mol. The molecular weight excluding hydrogens is 244 g/mol. The first-order valence-corrected chi connectivity index (χ1v) is 7.56. The highest BCUT2D eigenvalue weighted by Gasteiger charge is 2.45. The van der Waals surface area contributed by atoms with Crippen molar-refractivity contribution in [1.82, 2.24) is 4.90 Å². The number of rotatable bonds is 6. The van der Waals surface area contributed by atoms with E-state index in [0.29, 0.717) is 19.3 Å². The fourth-order valence-corrected chi connectivity index (χ4v) is 3.19. The molecule has 0 amide bonds. The number of likely N-dealkylation sites (N-methyl/N-ethyl adjacent to an activating group) is 1. The zero-order chi connectivity index (χ0) is 13.7. The van der Waals surface area contributed by atoms with Crippen LogP contribution in [0.3, 0.4) is 0 Å². The van der Waals surface area contributed by atoms with Gasteiger partial charge in [-0.15, -0.1) is 0 Å². The molecule has 0 bridgehead atoms. The van der Waals surface area contributed by atoms with E-state index >= 15 is 0 Å². The second-order valence-electron chi connectivity index (χ2n) is 5.41. The third-order valence-corrected chi connectivity index (χ3v) is 4.29. The Balaban J connectivity index is 1.94. The summed E-state index contributed by atoms with van der Waals surface area (Å²) in [5, 5.41) is 0. The summed E-state index contributed by atoms with van der Waals surface area (Å²) >= 11 is 0. The lowest BCUT2D eigenvalue weighted by molar-refractivity contribution is -0.192. The van der Waals surface area contributed by atoms with Crippen molar-refractivity contribution in [2.24, 2.45) is 5.73 Å². The second-order valence-corrected chi connectivity index (χ2v) is 5.41. The molecule has 1 aliphatic heterocycles. The summed E-state index contributed by atoms with van der Waals surface area (Å²) in [5.41, 5.74) is 6.32. The van der Waals surface area contributed by atoms with Crippen molar-refractivity contribution in [1.29, 1.82) is 0 Å². The SMILES string of the molecule is CCOCCN(CC)C1CC2(CCC1N)OCCO2. The summed E-state index contributed by atoms with van der Waals surface area (Å²) in [4.78, 5) is 2.41. The van der Waals surface area contributed by atoms with Crippen molar-refractivity contribution in [3.63, 3.8) is 0 Å². The predicted octanol–water partition coefficient (Wildman–Crippen LogP) is 0.968. The van der Waals surface area contributed by atoms with Crippen LogP contribution in [-0.4, -0.2) is 62.3 Å². The minimum Gasteiger partial charge on any atom is -0.380 e. The molecule has 1 spiro atoms. The molecule has 5 nitrogen and oxygen atoms in total. The van der Waals surface area contributed by atoms with E-state index in [-0.39, 0.29) is 11.8 Å². The van der Waals surface area contributed by atoms with Crippen molar-refractivity contribution in [2.45, 2.75) is 51.0 Å². The van der Waals surface area contributed by atoms with Gasteiger partial charge in [0.15, 0.2) is 5.79 Å². The van der Waals surface area contributed by atoms with Gasteiger partial charge in [-0.25, -0.2) is 0 Å². The first kappa shape index (κ1) is 15.2. The van der Waals surface area contributed by atoms with Crippen molar-refractivity contribution >= 4 is 0 Å². The molecule has 1 heterocycles. The molecule has 0 radical (unpaired) electrons. The summed E-state index contributed by atoms with van der Waals surface area (Å²) in [6, 6.07) is 0.539. The van der Waals surface area contributed by atoms with Gasteiger partial charge in [-0.3, -0.25) is 4.90 Å². The number of hydrogen-bond acceptors (Lipinski definition) is 5. The Morgan fingerprint density at radius 1 is 1.32 bits per heavy atom. The molecule has 1 saturated heterocycles. The average Bonchev–Trinajstić information content (AvgIpc) is 2.87. The molecular formula is C14H28N2O3. The molecule has 0 aromatic carbocycles.